The average Bonchev–Trinajstić information content (AvgIpc) is 3.17. The van der Waals surface area contributed by atoms with E-state index in [4.69, 9.17) is 9.84 Å². The lowest BCUT2D eigenvalue weighted by Crippen LogP contribution is -2.42. The minimum absolute atomic E-state index is 0.00483. The molecule has 2 unspecified atom stereocenters. The van der Waals surface area contributed by atoms with Gasteiger partial charge in [0.15, 0.2) is 0 Å². The van der Waals surface area contributed by atoms with E-state index in [0.717, 1.165) is 42.9 Å². The molecule has 4 rings (SSSR count). The van der Waals surface area contributed by atoms with Gasteiger partial charge in [0.25, 0.3) is 0 Å². The van der Waals surface area contributed by atoms with Crippen molar-refractivity contribution in [3.8, 4) is 11.1 Å². The Morgan fingerprint density at radius 2 is 1.59 bits per heavy atom. The molecule has 34 heavy (non-hydrogen) atoms. The van der Waals surface area contributed by atoms with E-state index in [1.165, 1.54) is 17.2 Å². The number of hydrogen-bond acceptors (Lipinski definition) is 4. The summed E-state index contributed by atoms with van der Waals surface area (Å²) in [5.74, 6) is -1.32. The number of ether oxygens (including phenoxy) is 1. The number of amides is 2. The molecule has 0 bridgehead atoms. The van der Waals surface area contributed by atoms with Gasteiger partial charge in [-0.3, -0.25) is 4.79 Å². The summed E-state index contributed by atoms with van der Waals surface area (Å²) in [6.07, 6.45) is 5.53. The standard InChI is InChI=1S/C27H30N2O5/c30-25(31)14-7-15-28-26(32)19-9-2-1-8-18(19)16-29-27(33)34-17-24-22-12-5-3-10-20(22)21-11-4-6-13-23(21)24/h3-7,10-14,18-19,24H,1-2,8-9,15-17H2,(H,28,32)(H,29,33)(H,30,31)/b14-7+. The molecule has 2 aliphatic rings. The Labute approximate surface area is 199 Å². The van der Waals surface area contributed by atoms with Crippen LogP contribution in [0.2, 0.25) is 0 Å². The molecular formula is C27H30N2O5. The molecule has 7 nitrogen and oxygen atoms in total. The van der Waals surface area contributed by atoms with Crippen LogP contribution in [0.3, 0.4) is 0 Å². The van der Waals surface area contributed by atoms with Gasteiger partial charge in [-0.2, -0.15) is 0 Å². The Morgan fingerprint density at radius 3 is 2.26 bits per heavy atom. The quantitative estimate of drug-likeness (QED) is 0.513. The van der Waals surface area contributed by atoms with Crippen molar-refractivity contribution >= 4 is 18.0 Å². The number of hydrogen-bond donors (Lipinski definition) is 3. The number of carbonyl (C=O) groups excluding carboxylic acids is 2. The molecule has 2 aliphatic carbocycles. The number of aliphatic carboxylic acids is 1. The minimum Gasteiger partial charge on any atom is -0.478 e. The Bertz CT molecular complexity index is 1030. The molecule has 2 aromatic carbocycles. The van der Waals surface area contributed by atoms with Gasteiger partial charge < -0.3 is 20.5 Å². The van der Waals surface area contributed by atoms with Gasteiger partial charge in [0.1, 0.15) is 6.61 Å². The maximum absolute atomic E-state index is 12.6. The number of nitrogens with one attached hydrogen (secondary N) is 2. The molecule has 7 heteroatoms. The second-order valence-electron chi connectivity index (χ2n) is 8.84. The summed E-state index contributed by atoms with van der Waals surface area (Å²) in [6.45, 7) is 0.804. The SMILES string of the molecule is O=C(O)/C=C/CNC(=O)C1CCCCC1CNC(=O)OCC1c2ccccc2-c2ccccc21. The zero-order chi connectivity index (χ0) is 23.9. The summed E-state index contributed by atoms with van der Waals surface area (Å²) in [7, 11) is 0. The maximum Gasteiger partial charge on any atom is 0.407 e. The van der Waals surface area contributed by atoms with Gasteiger partial charge >= 0.3 is 12.1 Å². The van der Waals surface area contributed by atoms with Crippen molar-refractivity contribution in [2.75, 3.05) is 19.7 Å². The molecule has 0 aliphatic heterocycles. The van der Waals surface area contributed by atoms with Gasteiger partial charge in [-0.1, -0.05) is 67.4 Å². The van der Waals surface area contributed by atoms with Crippen LogP contribution in [-0.4, -0.2) is 42.8 Å². The topological polar surface area (TPSA) is 105 Å². The largest absolute Gasteiger partial charge is 0.478 e. The van der Waals surface area contributed by atoms with Crippen molar-refractivity contribution < 1.29 is 24.2 Å². The Kier molecular flexibility index (Phi) is 7.62. The summed E-state index contributed by atoms with van der Waals surface area (Å²) in [6, 6.07) is 16.4. The second kappa shape index (κ2) is 11.0. The van der Waals surface area contributed by atoms with Crippen LogP contribution >= 0.6 is 0 Å². The van der Waals surface area contributed by atoms with Crippen molar-refractivity contribution in [2.45, 2.75) is 31.6 Å². The molecule has 0 spiro atoms. The fourth-order valence-corrected chi connectivity index (χ4v) is 5.11. The molecule has 3 N–H and O–H groups in total. The van der Waals surface area contributed by atoms with Gasteiger partial charge in [-0.05, 0) is 41.0 Å². The zero-order valence-corrected chi connectivity index (χ0v) is 19.0. The number of carbonyl (C=O) groups is 3. The number of benzene rings is 2. The van der Waals surface area contributed by atoms with E-state index in [9.17, 15) is 14.4 Å². The number of carboxylic acids is 1. The van der Waals surface area contributed by atoms with Gasteiger partial charge in [-0.25, -0.2) is 9.59 Å². The summed E-state index contributed by atoms with van der Waals surface area (Å²) in [4.78, 5) is 35.7. The Hall–Kier alpha value is -3.61. The number of fused-ring (bicyclic) bond motifs is 3. The fraction of sp³-hybridized carbons (Fsp3) is 0.370. The second-order valence-corrected chi connectivity index (χ2v) is 8.84. The zero-order valence-electron chi connectivity index (χ0n) is 19.0. The molecule has 2 aromatic rings. The van der Waals surface area contributed by atoms with Crippen LogP contribution in [0.5, 0.6) is 0 Å². The third-order valence-electron chi connectivity index (χ3n) is 6.75. The van der Waals surface area contributed by atoms with Gasteiger partial charge in [0.05, 0.1) is 0 Å². The monoisotopic (exact) mass is 462 g/mol. The van der Waals surface area contributed by atoms with E-state index in [2.05, 4.69) is 34.9 Å². The first kappa shape index (κ1) is 23.5. The van der Waals surface area contributed by atoms with Crippen LogP contribution < -0.4 is 10.6 Å². The molecule has 1 saturated carbocycles. The number of rotatable bonds is 8. The number of carboxylic acid groups (broad SMARTS) is 1. The average molecular weight is 463 g/mol. The molecule has 178 valence electrons. The fourth-order valence-electron chi connectivity index (χ4n) is 5.11. The smallest absolute Gasteiger partial charge is 0.407 e. The minimum atomic E-state index is -1.04. The Balaban J connectivity index is 1.29. The lowest BCUT2D eigenvalue weighted by Gasteiger charge is -2.30. The number of alkyl carbamates (subject to hydrolysis) is 1. The molecule has 1 fully saturated rings. The summed E-state index contributed by atoms with van der Waals surface area (Å²) < 4.78 is 5.61. The lowest BCUT2D eigenvalue weighted by molar-refractivity contribution is -0.131. The van der Waals surface area contributed by atoms with E-state index in [0.29, 0.717) is 6.54 Å². The first-order valence-corrected chi connectivity index (χ1v) is 11.8. The molecule has 0 saturated heterocycles. The van der Waals surface area contributed by atoms with Crippen molar-refractivity contribution in [1.29, 1.82) is 0 Å². The maximum atomic E-state index is 12.6. The molecule has 2 amide bonds. The molecular weight excluding hydrogens is 432 g/mol. The third kappa shape index (κ3) is 5.47. The normalized spacial score (nSPS) is 19.3. The summed E-state index contributed by atoms with van der Waals surface area (Å²) in [5.41, 5.74) is 4.69. The first-order chi connectivity index (χ1) is 16.5. The van der Waals surface area contributed by atoms with Crippen LogP contribution in [0.15, 0.2) is 60.7 Å². The van der Waals surface area contributed by atoms with Crippen LogP contribution in [-0.2, 0) is 14.3 Å². The van der Waals surface area contributed by atoms with E-state index >= 15 is 0 Å². The highest BCUT2D eigenvalue weighted by Gasteiger charge is 2.32. The van der Waals surface area contributed by atoms with Crippen LogP contribution in [0.25, 0.3) is 11.1 Å². The predicted molar refractivity (Wildman–Crippen MR) is 128 cm³/mol. The van der Waals surface area contributed by atoms with E-state index in [1.807, 2.05) is 24.3 Å². The molecule has 2 atom stereocenters. The van der Waals surface area contributed by atoms with Gasteiger partial charge in [0, 0.05) is 31.0 Å². The summed E-state index contributed by atoms with van der Waals surface area (Å²) in [5, 5.41) is 14.3. The highest BCUT2D eigenvalue weighted by Crippen LogP contribution is 2.44. The van der Waals surface area contributed by atoms with E-state index < -0.39 is 12.1 Å². The van der Waals surface area contributed by atoms with Crippen LogP contribution in [0.4, 0.5) is 4.79 Å². The van der Waals surface area contributed by atoms with Crippen LogP contribution in [0, 0.1) is 11.8 Å². The van der Waals surface area contributed by atoms with Crippen molar-refractivity contribution in [1.82, 2.24) is 10.6 Å². The summed E-state index contributed by atoms with van der Waals surface area (Å²) >= 11 is 0. The van der Waals surface area contributed by atoms with Crippen molar-refractivity contribution in [3.05, 3.63) is 71.8 Å². The molecule has 0 radical (unpaired) electrons. The van der Waals surface area contributed by atoms with E-state index in [-0.39, 0.29) is 36.8 Å². The first-order valence-electron chi connectivity index (χ1n) is 11.8. The van der Waals surface area contributed by atoms with Crippen LogP contribution in [0.1, 0.15) is 42.7 Å². The molecule has 0 aromatic heterocycles. The third-order valence-corrected chi connectivity index (χ3v) is 6.75. The van der Waals surface area contributed by atoms with Gasteiger partial charge in [-0.15, -0.1) is 0 Å². The van der Waals surface area contributed by atoms with E-state index in [1.54, 1.807) is 0 Å². The highest BCUT2D eigenvalue weighted by molar-refractivity contribution is 5.81. The van der Waals surface area contributed by atoms with Gasteiger partial charge in [0.2, 0.25) is 5.91 Å². The van der Waals surface area contributed by atoms with Crippen molar-refractivity contribution in [3.63, 3.8) is 0 Å². The lowest BCUT2D eigenvalue weighted by atomic mass is 9.78. The predicted octanol–water partition coefficient (Wildman–Crippen LogP) is 4.09. The highest BCUT2D eigenvalue weighted by atomic mass is 16.5. The van der Waals surface area contributed by atoms with Crippen molar-refractivity contribution in [2.24, 2.45) is 11.8 Å². The Morgan fingerprint density at radius 1 is 0.941 bits per heavy atom. The molecule has 0 heterocycles.